The molecule has 4 rings (SSSR count). The molecule has 0 heterocycles. The molecular formula is C27H49NO2Si3. The molecule has 3 aliphatic carbocycles. The summed E-state index contributed by atoms with van der Waals surface area (Å²) < 4.78 is 13.4. The largest absolute Gasteiger partial charge is 0.543 e. The number of nitrogens with one attached hydrogen (secondary N) is 1. The van der Waals surface area contributed by atoms with E-state index in [4.69, 9.17) is 8.85 Å². The van der Waals surface area contributed by atoms with Crippen molar-refractivity contribution in [2.24, 2.45) is 17.3 Å². The molecule has 0 saturated heterocycles. The molecule has 5 atom stereocenters. The Morgan fingerprint density at radius 3 is 2.18 bits per heavy atom. The summed E-state index contributed by atoms with van der Waals surface area (Å²) in [4.78, 5) is 3.93. The second-order valence-corrected chi connectivity index (χ2v) is 28.0. The maximum Gasteiger partial charge on any atom is 0.242 e. The van der Waals surface area contributed by atoms with Crippen LogP contribution in [0.4, 0.5) is 5.69 Å². The molecule has 2 fully saturated rings. The molecule has 0 amide bonds. The molecule has 0 aliphatic heterocycles. The van der Waals surface area contributed by atoms with Crippen molar-refractivity contribution in [3.05, 3.63) is 23.3 Å². The molecule has 1 N–H and O–H groups in total. The number of aryl methyl sites for hydroxylation is 1. The molecule has 3 aliphatic rings. The van der Waals surface area contributed by atoms with Crippen LogP contribution in [-0.4, -0.2) is 31.0 Å². The van der Waals surface area contributed by atoms with Crippen molar-refractivity contribution in [3.8, 4) is 5.75 Å². The van der Waals surface area contributed by atoms with Crippen molar-refractivity contribution in [1.29, 1.82) is 0 Å². The maximum absolute atomic E-state index is 6.78. The van der Waals surface area contributed by atoms with E-state index >= 15 is 0 Å². The lowest BCUT2D eigenvalue weighted by molar-refractivity contribution is -0.0140. The van der Waals surface area contributed by atoms with E-state index in [1.807, 2.05) is 0 Å². The van der Waals surface area contributed by atoms with Crippen molar-refractivity contribution in [3.63, 3.8) is 0 Å². The fourth-order valence-electron chi connectivity index (χ4n) is 7.09. The first-order chi connectivity index (χ1) is 15.1. The number of anilines is 1. The van der Waals surface area contributed by atoms with Crippen LogP contribution in [0.5, 0.6) is 5.75 Å². The Morgan fingerprint density at radius 1 is 0.879 bits per heavy atom. The Morgan fingerprint density at radius 2 is 1.58 bits per heavy atom. The Kier molecular flexibility index (Phi) is 6.59. The van der Waals surface area contributed by atoms with Gasteiger partial charge in [0.1, 0.15) is 14.0 Å². The SMILES string of the molecule is CC12CCC3c4cc(N[Si](C)(C)C)c(O[Si](C)(C)C)cc4CCC3C1CCC2O[Si](C)(C)C. The van der Waals surface area contributed by atoms with Crippen LogP contribution in [0.3, 0.4) is 0 Å². The van der Waals surface area contributed by atoms with Gasteiger partial charge in [-0.3, -0.25) is 0 Å². The summed E-state index contributed by atoms with van der Waals surface area (Å²) in [6, 6.07) is 4.94. The summed E-state index contributed by atoms with van der Waals surface area (Å²) >= 11 is 0. The molecule has 0 bridgehead atoms. The zero-order valence-corrected chi connectivity index (χ0v) is 26.0. The minimum atomic E-state index is -1.67. The number of hydrogen-bond acceptors (Lipinski definition) is 3. The van der Waals surface area contributed by atoms with E-state index < -0.39 is 24.9 Å². The third-order valence-electron chi connectivity index (χ3n) is 8.16. The first-order valence-corrected chi connectivity index (χ1v) is 23.7. The van der Waals surface area contributed by atoms with Gasteiger partial charge in [-0.05, 0) is 124 Å². The molecule has 0 radical (unpaired) electrons. The normalized spacial score (nSPS) is 32.1. The molecule has 0 aromatic heterocycles. The van der Waals surface area contributed by atoms with E-state index in [1.54, 1.807) is 11.1 Å². The number of fused-ring (bicyclic) bond motifs is 5. The standard InChI is InChI=1S/C27H49NO2Si3/c1-27-16-15-20-21(23(27)13-14-26(27)30-33(8,9)10)12-11-19-17-25(29-32(5,6)7)24(18-22(19)20)28-31(2,3)4/h17-18,20-21,23,26,28H,11-16H2,1-10H3. The van der Waals surface area contributed by atoms with Crippen molar-refractivity contribution >= 4 is 30.6 Å². The Balaban J connectivity index is 1.66. The lowest BCUT2D eigenvalue weighted by Crippen LogP contribution is -2.47. The van der Waals surface area contributed by atoms with E-state index in [1.165, 1.54) is 44.2 Å². The number of rotatable bonds is 6. The second-order valence-electron chi connectivity index (χ2n) is 14.4. The molecule has 3 nitrogen and oxygen atoms in total. The highest BCUT2D eigenvalue weighted by molar-refractivity contribution is 6.79. The van der Waals surface area contributed by atoms with E-state index in [9.17, 15) is 0 Å². The van der Waals surface area contributed by atoms with Gasteiger partial charge in [-0.1, -0.05) is 26.6 Å². The second kappa shape index (κ2) is 8.52. The zero-order chi connectivity index (χ0) is 24.4. The molecule has 2 saturated carbocycles. The molecule has 186 valence electrons. The van der Waals surface area contributed by atoms with Gasteiger partial charge in [0.05, 0.1) is 11.8 Å². The van der Waals surface area contributed by atoms with Crippen LogP contribution in [0.15, 0.2) is 12.1 Å². The molecule has 6 heteroatoms. The summed E-state index contributed by atoms with van der Waals surface area (Å²) in [5, 5.41) is 0. The molecular weight excluding hydrogens is 455 g/mol. The Bertz CT molecular complexity index is 883. The van der Waals surface area contributed by atoms with Crippen LogP contribution >= 0.6 is 0 Å². The van der Waals surface area contributed by atoms with Gasteiger partial charge in [0.15, 0.2) is 8.32 Å². The third kappa shape index (κ3) is 5.49. The molecule has 5 unspecified atom stereocenters. The Hall–Kier alpha value is -0.569. The first kappa shape index (κ1) is 25.5. The maximum atomic E-state index is 6.78. The van der Waals surface area contributed by atoms with Gasteiger partial charge < -0.3 is 13.8 Å². The smallest absolute Gasteiger partial charge is 0.242 e. The predicted octanol–water partition coefficient (Wildman–Crippen LogP) is 8.22. The minimum absolute atomic E-state index is 0.374. The molecule has 33 heavy (non-hydrogen) atoms. The van der Waals surface area contributed by atoms with E-state index in [0.717, 1.165) is 17.6 Å². The molecule has 1 aromatic carbocycles. The zero-order valence-electron chi connectivity index (χ0n) is 23.0. The summed E-state index contributed by atoms with van der Waals surface area (Å²) in [5.41, 5.74) is 4.82. The quantitative estimate of drug-likeness (QED) is 0.397. The highest BCUT2D eigenvalue weighted by atomic mass is 28.4. The van der Waals surface area contributed by atoms with Crippen LogP contribution in [0.25, 0.3) is 0 Å². The van der Waals surface area contributed by atoms with Crippen LogP contribution in [0, 0.1) is 17.3 Å². The first-order valence-electron chi connectivity index (χ1n) is 13.4. The van der Waals surface area contributed by atoms with Crippen molar-refractivity contribution in [2.75, 3.05) is 4.98 Å². The van der Waals surface area contributed by atoms with E-state index in [-0.39, 0.29) is 0 Å². The predicted molar refractivity (Wildman–Crippen MR) is 150 cm³/mol. The molecule has 1 aromatic rings. The molecule has 0 spiro atoms. The summed E-state index contributed by atoms with van der Waals surface area (Å²) in [6.45, 7) is 23.7. The van der Waals surface area contributed by atoms with Gasteiger partial charge in [-0.15, -0.1) is 0 Å². The summed E-state index contributed by atoms with van der Waals surface area (Å²) in [7, 11) is -4.68. The van der Waals surface area contributed by atoms with Gasteiger partial charge in [0.25, 0.3) is 0 Å². The van der Waals surface area contributed by atoms with Crippen molar-refractivity contribution < 1.29 is 8.85 Å². The fraction of sp³-hybridized carbons (Fsp3) is 0.778. The fourth-order valence-corrected chi connectivity index (χ4v) is 10.2. The number of benzene rings is 1. The highest BCUT2D eigenvalue weighted by Gasteiger charge is 2.55. The van der Waals surface area contributed by atoms with Gasteiger partial charge in [0, 0.05) is 0 Å². The average molecular weight is 504 g/mol. The summed E-state index contributed by atoms with van der Waals surface area (Å²) in [6.07, 6.45) is 8.29. The lowest BCUT2D eigenvalue weighted by Gasteiger charge is -2.51. The van der Waals surface area contributed by atoms with Gasteiger partial charge >= 0.3 is 0 Å². The number of hydrogen-bond donors (Lipinski definition) is 1. The third-order valence-corrected chi connectivity index (χ3v) is 11.0. The monoisotopic (exact) mass is 503 g/mol. The van der Waals surface area contributed by atoms with Gasteiger partial charge in [-0.25, -0.2) is 0 Å². The van der Waals surface area contributed by atoms with E-state index in [0.29, 0.717) is 17.4 Å². The van der Waals surface area contributed by atoms with Crippen molar-refractivity contribution in [2.45, 2.75) is 116 Å². The average Bonchev–Trinajstić information content (AvgIpc) is 2.94. The minimum Gasteiger partial charge on any atom is -0.543 e. The topological polar surface area (TPSA) is 30.5 Å². The van der Waals surface area contributed by atoms with Crippen LogP contribution in [0.2, 0.25) is 58.9 Å². The van der Waals surface area contributed by atoms with Gasteiger partial charge in [-0.2, -0.15) is 0 Å². The van der Waals surface area contributed by atoms with Crippen LogP contribution in [-0.2, 0) is 10.8 Å². The summed E-state index contributed by atoms with van der Waals surface area (Å²) in [5.74, 6) is 3.45. The lowest BCUT2D eigenvalue weighted by atomic mass is 9.55. The van der Waals surface area contributed by atoms with Crippen LogP contribution < -0.4 is 9.41 Å². The Labute approximate surface area is 206 Å². The van der Waals surface area contributed by atoms with Gasteiger partial charge in [0.2, 0.25) is 8.32 Å². The van der Waals surface area contributed by atoms with Crippen molar-refractivity contribution in [1.82, 2.24) is 0 Å². The highest BCUT2D eigenvalue weighted by Crippen LogP contribution is 2.62. The van der Waals surface area contributed by atoms with E-state index in [2.05, 4.69) is 83.0 Å². The van der Waals surface area contributed by atoms with Crippen LogP contribution in [0.1, 0.15) is 56.1 Å².